The van der Waals surface area contributed by atoms with E-state index in [-0.39, 0.29) is 11.9 Å². The molecule has 0 aliphatic carbocycles. The molecular weight excluding hydrogens is 472 g/mol. The van der Waals surface area contributed by atoms with Crippen molar-refractivity contribution < 1.29 is 4.79 Å². The number of amides is 1. The van der Waals surface area contributed by atoms with Crippen molar-refractivity contribution in [1.82, 2.24) is 10.3 Å². The third-order valence-electron chi connectivity index (χ3n) is 4.92. The molecule has 5 nitrogen and oxygen atoms in total. The maximum Gasteiger partial charge on any atom is 0.254 e. The Morgan fingerprint density at radius 3 is 2.68 bits per heavy atom. The molecule has 2 aromatic rings. The molecule has 0 bridgehead atoms. The number of thioether (sulfide) groups is 1. The van der Waals surface area contributed by atoms with Crippen molar-refractivity contribution in [3.63, 3.8) is 0 Å². The van der Waals surface area contributed by atoms with Gasteiger partial charge in [0.05, 0.1) is 6.54 Å². The van der Waals surface area contributed by atoms with Crippen LogP contribution in [0.4, 0.5) is 0 Å². The van der Waals surface area contributed by atoms with Crippen molar-refractivity contribution in [3.05, 3.63) is 74.4 Å². The van der Waals surface area contributed by atoms with E-state index in [9.17, 15) is 4.79 Å². The molecule has 0 saturated heterocycles. The number of nitrogens with two attached hydrogens (primary N) is 1. The minimum absolute atomic E-state index is 0.123. The van der Waals surface area contributed by atoms with Crippen molar-refractivity contribution in [2.45, 2.75) is 52.5 Å². The van der Waals surface area contributed by atoms with Gasteiger partial charge in [0, 0.05) is 22.4 Å². The molecule has 166 valence electrons. The van der Waals surface area contributed by atoms with E-state index in [1.807, 2.05) is 25.3 Å². The quantitative estimate of drug-likeness (QED) is 0.259. The average Bonchev–Trinajstić information content (AvgIpc) is 2.77. The van der Waals surface area contributed by atoms with E-state index in [2.05, 4.69) is 56.3 Å². The van der Waals surface area contributed by atoms with Crippen LogP contribution in [0.1, 0.15) is 49.8 Å². The van der Waals surface area contributed by atoms with Crippen molar-refractivity contribution in [2.24, 2.45) is 10.7 Å². The fourth-order valence-corrected chi connectivity index (χ4v) is 4.55. The molecule has 0 aliphatic heterocycles. The molecule has 0 saturated carbocycles. The van der Waals surface area contributed by atoms with Gasteiger partial charge in [-0.25, -0.2) is 4.99 Å². The van der Waals surface area contributed by atoms with E-state index in [0.717, 1.165) is 46.2 Å². The Bertz CT molecular complexity index is 928. The number of nitrogens with zero attached hydrogens (tertiary/aromatic N) is 2. The maximum absolute atomic E-state index is 12.9. The number of pyridine rings is 1. The number of guanidine groups is 1. The number of hydrogen-bond acceptors (Lipinski definition) is 4. The van der Waals surface area contributed by atoms with Crippen LogP contribution in [-0.2, 0) is 24.2 Å². The molecule has 0 fully saturated rings. The molecule has 0 spiro atoms. The number of halogens is 1. The van der Waals surface area contributed by atoms with E-state index in [1.165, 1.54) is 11.1 Å². The Kier molecular flexibility index (Phi) is 10.8. The van der Waals surface area contributed by atoms with Crippen molar-refractivity contribution in [2.75, 3.05) is 6.26 Å². The van der Waals surface area contributed by atoms with Gasteiger partial charge in [0.15, 0.2) is 5.96 Å². The van der Waals surface area contributed by atoms with E-state index >= 15 is 0 Å². The normalized spacial score (nSPS) is 12.5. The molecule has 31 heavy (non-hydrogen) atoms. The van der Waals surface area contributed by atoms with Crippen LogP contribution >= 0.6 is 27.7 Å². The third-order valence-corrected chi connectivity index (χ3v) is 6.35. The molecule has 1 heterocycles. The van der Waals surface area contributed by atoms with Crippen LogP contribution in [0.25, 0.3) is 0 Å². The van der Waals surface area contributed by atoms with Gasteiger partial charge in [-0.05, 0) is 71.7 Å². The van der Waals surface area contributed by atoms with Crippen LogP contribution in [0.2, 0.25) is 0 Å². The summed E-state index contributed by atoms with van der Waals surface area (Å²) in [5.41, 5.74) is 10.4. The zero-order chi connectivity index (χ0) is 22.6. The van der Waals surface area contributed by atoms with Gasteiger partial charge in [0.2, 0.25) is 0 Å². The number of nitrogens with one attached hydrogen (secondary N) is 1. The van der Waals surface area contributed by atoms with Gasteiger partial charge in [-0.3, -0.25) is 15.1 Å². The summed E-state index contributed by atoms with van der Waals surface area (Å²) in [6.07, 6.45) is 9.98. The van der Waals surface area contributed by atoms with Gasteiger partial charge in [0.25, 0.3) is 5.91 Å². The highest BCUT2D eigenvalue weighted by molar-refractivity contribution is 9.10. The van der Waals surface area contributed by atoms with Crippen LogP contribution in [-0.4, -0.2) is 23.1 Å². The first-order valence-electron chi connectivity index (χ1n) is 10.5. The van der Waals surface area contributed by atoms with Crippen molar-refractivity contribution in [3.8, 4) is 0 Å². The minimum Gasteiger partial charge on any atom is -0.370 e. The second kappa shape index (κ2) is 13.3. The number of aromatic nitrogens is 1. The topological polar surface area (TPSA) is 80.4 Å². The molecule has 7 heteroatoms. The fourth-order valence-electron chi connectivity index (χ4n) is 3.35. The van der Waals surface area contributed by atoms with Crippen LogP contribution < -0.4 is 11.1 Å². The zero-order valence-electron chi connectivity index (χ0n) is 18.5. The first kappa shape index (κ1) is 25.1. The Hall–Kier alpha value is -2.12. The summed E-state index contributed by atoms with van der Waals surface area (Å²) in [6, 6.07) is 10.2. The second-order valence-corrected chi connectivity index (χ2v) is 8.96. The first-order valence-corrected chi connectivity index (χ1v) is 12.5. The molecule has 1 aromatic heterocycles. The Morgan fingerprint density at radius 1 is 1.23 bits per heavy atom. The lowest BCUT2D eigenvalue weighted by atomic mass is 9.98. The predicted octanol–water partition coefficient (Wildman–Crippen LogP) is 5.39. The summed E-state index contributed by atoms with van der Waals surface area (Å²) >= 11 is 5.21. The smallest absolute Gasteiger partial charge is 0.254 e. The van der Waals surface area contributed by atoms with Crippen molar-refractivity contribution in [1.29, 1.82) is 0 Å². The third kappa shape index (κ3) is 8.15. The van der Waals surface area contributed by atoms with Crippen molar-refractivity contribution >= 4 is 39.6 Å². The molecule has 0 unspecified atom stereocenters. The highest BCUT2D eigenvalue weighted by Crippen LogP contribution is 2.27. The highest BCUT2D eigenvalue weighted by atomic mass is 79.9. The monoisotopic (exact) mass is 502 g/mol. The molecule has 1 aromatic carbocycles. The molecule has 0 atom stereocenters. The number of benzene rings is 1. The van der Waals surface area contributed by atoms with Gasteiger partial charge in [-0.1, -0.05) is 48.3 Å². The van der Waals surface area contributed by atoms with Crippen LogP contribution in [0.15, 0.2) is 62.7 Å². The summed E-state index contributed by atoms with van der Waals surface area (Å²) in [5, 5.41) is 2.74. The largest absolute Gasteiger partial charge is 0.370 e. The molecular formula is C24H31BrN4OS. The number of aryl methyl sites for hydroxylation is 2. The number of aliphatic imine (C=N–C) groups is 1. The van der Waals surface area contributed by atoms with Gasteiger partial charge in [-0.2, -0.15) is 0 Å². The molecule has 1 amide bonds. The van der Waals surface area contributed by atoms with E-state index in [1.54, 1.807) is 24.2 Å². The number of carbonyl (C=O) groups excluding carboxylic acids is 1. The summed E-state index contributed by atoms with van der Waals surface area (Å²) in [4.78, 5) is 22.3. The Labute approximate surface area is 198 Å². The summed E-state index contributed by atoms with van der Waals surface area (Å²) in [5.74, 6) is -0.0558. The van der Waals surface area contributed by atoms with E-state index in [4.69, 9.17) is 5.73 Å². The number of rotatable bonds is 10. The lowest BCUT2D eigenvalue weighted by molar-refractivity contribution is -0.116. The van der Waals surface area contributed by atoms with Gasteiger partial charge >= 0.3 is 0 Å². The molecule has 2 rings (SSSR count). The standard InChI is InChI=1S/C24H31BrN4OS/c1-4-7-18-9-11-20(25)14-19(18)10-12-22(31-3)21(5-2)23(30)29-24(26)28-16-17-8-6-13-27-15-17/h6,8-9,11,13-15H,4-5,7,10,12,16H2,1-3H3,(H3,26,28,29,30)/b22-21+. The Balaban J connectivity index is 2.10. The lowest BCUT2D eigenvalue weighted by Gasteiger charge is -2.14. The lowest BCUT2D eigenvalue weighted by Crippen LogP contribution is -2.38. The average molecular weight is 504 g/mol. The molecule has 0 radical (unpaired) electrons. The summed E-state index contributed by atoms with van der Waals surface area (Å²) in [6.45, 7) is 4.57. The van der Waals surface area contributed by atoms with Gasteiger partial charge in [-0.15, -0.1) is 11.8 Å². The SMILES string of the molecule is CCCc1ccc(Br)cc1CC/C(SC)=C(/CC)C(=O)NC(N)=NCc1cccnc1. The minimum atomic E-state index is -0.178. The first-order chi connectivity index (χ1) is 15.0. The number of hydrogen-bond donors (Lipinski definition) is 2. The summed E-state index contributed by atoms with van der Waals surface area (Å²) < 4.78 is 1.09. The zero-order valence-corrected chi connectivity index (χ0v) is 20.9. The van der Waals surface area contributed by atoms with E-state index < -0.39 is 0 Å². The maximum atomic E-state index is 12.9. The molecule has 0 aliphatic rings. The van der Waals surface area contributed by atoms with Crippen LogP contribution in [0, 0.1) is 0 Å². The van der Waals surface area contributed by atoms with Gasteiger partial charge in [0.1, 0.15) is 0 Å². The summed E-state index contributed by atoms with van der Waals surface area (Å²) in [7, 11) is 0. The second-order valence-electron chi connectivity index (χ2n) is 7.14. The predicted molar refractivity (Wildman–Crippen MR) is 135 cm³/mol. The van der Waals surface area contributed by atoms with Crippen LogP contribution in [0.5, 0.6) is 0 Å². The van der Waals surface area contributed by atoms with Gasteiger partial charge < -0.3 is 5.73 Å². The molecule has 3 N–H and O–H groups in total. The Morgan fingerprint density at radius 2 is 2.03 bits per heavy atom. The highest BCUT2D eigenvalue weighted by Gasteiger charge is 2.15. The number of carbonyl (C=O) groups is 1. The van der Waals surface area contributed by atoms with Crippen LogP contribution in [0.3, 0.4) is 0 Å². The fraction of sp³-hybridized carbons (Fsp3) is 0.375. The van der Waals surface area contributed by atoms with E-state index in [0.29, 0.717) is 13.0 Å². The number of allylic oxidation sites excluding steroid dienone is 1.